The van der Waals surface area contributed by atoms with Crippen molar-refractivity contribution in [1.82, 2.24) is 9.80 Å². The molecule has 0 saturated carbocycles. The predicted octanol–water partition coefficient (Wildman–Crippen LogP) is 5.09. The van der Waals surface area contributed by atoms with Crippen molar-refractivity contribution in [2.24, 2.45) is 5.92 Å². The van der Waals surface area contributed by atoms with Gasteiger partial charge in [-0.3, -0.25) is 9.69 Å². The number of carbonyl (C=O) groups is 1. The lowest BCUT2D eigenvalue weighted by Gasteiger charge is -2.45. The van der Waals surface area contributed by atoms with Crippen molar-refractivity contribution in [3.8, 4) is 0 Å². The highest BCUT2D eigenvalue weighted by Crippen LogP contribution is 2.40. The summed E-state index contributed by atoms with van der Waals surface area (Å²) >= 11 is 0. The minimum atomic E-state index is -0.211. The van der Waals surface area contributed by atoms with Crippen LogP contribution in [-0.2, 0) is 11.3 Å². The van der Waals surface area contributed by atoms with E-state index in [1.165, 1.54) is 24.5 Å². The van der Waals surface area contributed by atoms with Crippen LogP contribution >= 0.6 is 0 Å². The van der Waals surface area contributed by atoms with E-state index in [0.717, 1.165) is 45.3 Å². The summed E-state index contributed by atoms with van der Waals surface area (Å²) in [6, 6.07) is 6.85. The van der Waals surface area contributed by atoms with E-state index in [4.69, 9.17) is 0 Å². The molecule has 1 atom stereocenters. The molecule has 1 aliphatic carbocycles. The molecule has 3 nitrogen and oxygen atoms in total. The Morgan fingerprint density at radius 2 is 1.93 bits per heavy atom. The zero-order valence-corrected chi connectivity index (χ0v) is 17.6. The first-order chi connectivity index (χ1) is 14.0. The summed E-state index contributed by atoms with van der Waals surface area (Å²) in [7, 11) is 0. The molecule has 3 aliphatic rings. The molecule has 0 radical (unpaired) electrons. The molecule has 0 N–H and O–H groups in total. The monoisotopic (exact) mass is 396 g/mol. The number of rotatable bonds is 5. The highest BCUT2D eigenvalue weighted by Gasteiger charge is 2.46. The van der Waals surface area contributed by atoms with Crippen LogP contribution in [0.3, 0.4) is 0 Å². The lowest BCUT2D eigenvalue weighted by Crippen LogP contribution is -2.53. The summed E-state index contributed by atoms with van der Waals surface area (Å²) in [5.74, 6) is 0.624. The van der Waals surface area contributed by atoms with Gasteiger partial charge in [-0.15, -0.1) is 0 Å². The number of allylic oxidation sites excluding steroid dienone is 2. The first-order valence-electron chi connectivity index (χ1n) is 11.1. The number of likely N-dealkylation sites (tertiary alicyclic amines) is 2. The zero-order chi connectivity index (χ0) is 20.4. The number of benzene rings is 1. The molecular formula is C25H33FN2O. The third-order valence-electron chi connectivity index (χ3n) is 7.38. The Labute approximate surface area is 174 Å². The number of nitrogens with zero attached hydrogens (tertiary/aromatic N) is 2. The molecule has 1 amide bonds. The van der Waals surface area contributed by atoms with Gasteiger partial charge in [-0.1, -0.05) is 42.0 Å². The maximum Gasteiger partial charge on any atom is 0.223 e. The number of piperidine rings is 1. The molecule has 29 heavy (non-hydrogen) atoms. The first-order valence-corrected chi connectivity index (χ1v) is 11.1. The number of hydrogen-bond acceptors (Lipinski definition) is 2. The predicted molar refractivity (Wildman–Crippen MR) is 115 cm³/mol. The van der Waals surface area contributed by atoms with Crippen molar-refractivity contribution in [3.63, 3.8) is 0 Å². The van der Waals surface area contributed by atoms with Crippen molar-refractivity contribution in [2.45, 2.75) is 64.0 Å². The van der Waals surface area contributed by atoms with Gasteiger partial charge in [0.2, 0.25) is 5.91 Å². The van der Waals surface area contributed by atoms with Gasteiger partial charge < -0.3 is 4.90 Å². The largest absolute Gasteiger partial charge is 0.332 e. The Bertz CT molecular complexity index is 807. The topological polar surface area (TPSA) is 23.6 Å². The second kappa shape index (κ2) is 8.43. The van der Waals surface area contributed by atoms with Gasteiger partial charge >= 0.3 is 0 Å². The van der Waals surface area contributed by atoms with Crippen molar-refractivity contribution >= 4 is 5.91 Å². The maximum absolute atomic E-state index is 14.2. The van der Waals surface area contributed by atoms with Gasteiger partial charge in [0.1, 0.15) is 5.82 Å². The van der Waals surface area contributed by atoms with Crippen molar-refractivity contribution < 1.29 is 9.18 Å². The van der Waals surface area contributed by atoms with Crippen LogP contribution in [0.25, 0.3) is 0 Å². The molecule has 1 spiro atoms. The Morgan fingerprint density at radius 1 is 1.17 bits per heavy atom. The molecule has 2 aliphatic heterocycles. The normalized spacial score (nSPS) is 24.8. The molecule has 2 heterocycles. The maximum atomic E-state index is 14.2. The lowest BCUT2D eigenvalue weighted by atomic mass is 9.83. The van der Waals surface area contributed by atoms with Gasteiger partial charge in [0.15, 0.2) is 0 Å². The van der Waals surface area contributed by atoms with Crippen LogP contribution < -0.4 is 0 Å². The Hall–Kier alpha value is -1.94. The number of carbonyl (C=O) groups excluding carboxylic acids is 1. The fraction of sp³-hybridized carbons (Fsp3) is 0.560. The van der Waals surface area contributed by atoms with Crippen LogP contribution in [-0.4, -0.2) is 40.9 Å². The van der Waals surface area contributed by atoms with Gasteiger partial charge in [0.05, 0.1) is 0 Å². The fourth-order valence-electron chi connectivity index (χ4n) is 5.34. The van der Waals surface area contributed by atoms with Gasteiger partial charge in [0.25, 0.3) is 0 Å². The van der Waals surface area contributed by atoms with Crippen molar-refractivity contribution in [1.29, 1.82) is 0 Å². The summed E-state index contributed by atoms with van der Waals surface area (Å²) < 4.78 is 14.2. The van der Waals surface area contributed by atoms with E-state index < -0.39 is 0 Å². The Morgan fingerprint density at radius 3 is 2.59 bits per heavy atom. The summed E-state index contributed by atoms with van der Waals surface area (Å²) in [5.41, 5.74) is 3.41. The van der Waals surface area contributed by atoms with Gasteiger partial charge in [-0.05, 0) is 57.4 Å². The van der Waals surface area contributed by atoms with Crippen molar-refractivity contribution in [2.75, 3.05) is 19.6 Å². The van der Waals surface area contributed by atoms with E-state index in [0.29, 0.717) is 24.4 Å². The van der Waals surface area contributed by atoms with E-state index in [2.05, 4.69) is 24.5 Å². The van der Waals surface area contributed by atoms with Crippen LogP contribution in [0.5, 0.6) is 0 Å². The average Bonchev–Trinajstić information content (AvgIpc) is 3.01. The van der Waals surface area contributed by atoms with Crippen LogP contribution in [0.1, 0.15) is 57.4 Å². The second-order valence-corrected chi connectivity index (χ2v) is 9.25. The molecule has 156 valence electrons. The molecule has 2 saturated heterocycles. The standard InChI is InChI=1S/C25H33FN2O/c1-19(2)21-9-7-20(8-10-21)17-27-15-13-25(14-16-27)12-11-24(29)28(25)18-22-5-3-4-6-23(22)26/h3-7,21H,1,8-18H2,2H3/t21-/m1/s1. The molecule has 1 aromatic carbocycles. The quantitative estimate of drug-likeness (QED) is 0.648. The van der Waals surface area contributed by atoms with Crippen LogP contribution in [0.2, 0.25) is 0 Å². The molecule has 2 fully saturated rings. The van der Waals surface area contributed by atoms with E-state index in [1.54, 1.807) is 17.7 Å². The van der Waals surface area contributed by atoms with Crippen LogP contribution in [0.4, 0.5) is 4.39 Å². The number of hydrogen-bond donors (Lipinski definition) is 0. The molecule has 4 heteroatoms. The molecule has 0 aromatic heterocycles. The molecule has 0 unspecified atom stereocenters. The number of halogens is 1. The number of amides is 1. The molecule has 1 aromatic rings. The SMILES string of the molecule is C=C(C)[C@@H]1CC=C(CN2CCC3(CCC(=O)N3Cc3ccccc3F)CC2)CC1. The summed E-state index contributed by atoms with van der Waals surface area (Å²) in [6.45, 7) is 9.75. The third kappa shape index (κ3) is 4.32. The van der Waals surface area contributed by atoms with Crippen LogP contribution in [0.15, 0.2) is 48.1 Å². The van der Waals surface area contributed by atoms with E-state index in [9.17, 15) is 9.18 Å². The van der Waals surface area contributed by atoms with Crippen molar-refractivity contribution in [3.05, 3.63) is 59.4 Å². The molecule has 0 bridgehead atoms. The Kier molecular flexibility index (Phi) is 5.91. The first kappa shape index (κ1) is 20.3. The van der Waals surface area contributed by atoms with E-state index >= 15 is 0 Å². The fourth-order valence-corrected chi connectivity index (χ4v) is 5.34. The molecule has 4 rings (SSSR count). The minimum Gasteiger partial charge on any atom is -0.332 e. The summed E-state index contributed by atoms with van der Waals surface area (Å²) in [6.07, 6.45) is 9.47. The highest BCUT2D eigenvalue weighted by atomic mass is 19.1. The lowest BCUT2D eigenvalue weighted by molar-refractivity contribution is -0.133. The second-order valence-electron chi connectivity index (χ2n) is 9.25. The van der Waals surface area contributed by atoms with E-state index in [-0.39, 0.29) is 17.3 Å². The average molecular weight is 397 g/mol. The highest BCUT2D eigenvalue weighted by molar-refractivity contribution is 5.79. The summed E-state index contributed by atoms with van der Waals surface area (Å²) in [4.78, 5) is 17.2. The van der Waals surface area contributed by atoms with Gasteiger partial charge in [-0.25, -0.2) is 4.39 Å². The summed E-state index contributed by atoms with van der Waals surface area (Å²) in [5, 5.41) is 0. The minimum absolute atomic E-state index is 0.0815. The van der Waals surface area contributed by atoms with Crippen LogP contribution in [0, 0.1) is 11.7 Å². The van der Waals surface area contributed by atoms with Gasteiger partial charge in [-0.2, -0.15) is 0 Å². The van der Waals surface area contributed by atoms with E-state index in [1.807, 2.05) is 11.0 Å². The van der Waals surface area contributed by atoms with Gasteiger partial charge in [0, 0.05) is 43.7 Å². The Balaban J connectivity index is 1.37. The third-order valence-corrected chi connectivity index (χ3v) is 7.38. The zero-order valence-electron chi connectivity index (χ0n) is 17.6. The molecular weight excluding hydrogens is 363 g/mol. The smallest absolute Gasteiger partial charge is 0.223 e.